The summed E-state index contributed by atoms with van der Waals surface area (Å²) in [4.78, 5) is 2.17. The monoisotopic (exact) mass is 283 g/mol. The number of aliphatic hydroxyl groups excluding tert-OH is 1. The summed E-state index contributed by atoms with van der Waals surface area (Å²) in [6.45, 7) is 5.84. The van der Waals surface area contributed by atoms with E-state index in [-0.39, 0.29) is 23.9 Å². The van der Waals surface area contributed by atoms with E-state index < -0.39 is 5.82 Å². The van der Waals surface area contributed by atoms with Crippen molar-refractivity contribution in [2.45, 2.75) is 39.2 Å². The Morgan fingerprint density at radius 3 is 2.50 bits per heavy atom. The van der Waals surface area contributed by atoms with E-state index in [9.17, 15) is 13.9 Å². The van der Waals surface area contributed by atoms with Gasteiger partial charge in [0.05, 0.1) is 0 Å². The smallest absolute Gasteiger partial charge is 0.128 e. The molecule has 1 fully saturated rings. The maximum absolute atomic E-state index is 13.8. The number of piperidine rings is 1. The summed E-state index contributed by atoms with van der Waals surface area (Å²) in [5.41, 5.74) is 0.425. The Labute approximate surface area is 119 Å². The summed E-state index contributed by atoms with van der Waals surface area (Å²) >= 11 is 0. The van der Waals surface area contributed by atoms with E-state index in [2.05, 4.69) is 11.8 Å². The van der Waals surface area contributed by atoms with E-state index in [0.29, 0.717) is 5.56 Å². The van der Waals surface area contributed by atoms with Crippen molar-refractivity contribution < 1.29 is 13.9 Å². The highest BCUT2D eigenvalue weighted by Crippen LogP contribution is 2.37. The molecule has 1 aromatic carbocycles. The molecular weight excluding hydrogens is 260 g/mol. The fraction of sp³-hybridized carbons (Fsp3) is 0.625. The first-order valence-corrected chi connectivity index (χ1v) is 7.31. The van der Waals surface area contributed by atoms with Gasteiger partial charge >= 0.3 is 0 Å². The van der Waals surface area contributed by atoms with Gasteiger partial charge < -0.3 is 5.11 Å². The molecule has 1 N–H and O–H groups in total. The van der Waals surface area contributed by atoms with Gasteiger partial charge in [0, 0.05) is 18.2 Å². The van der Waals surface area contributed by atoms with E-state index in [1.165, 1.54) is 12.1 Å². The minimum Gasteiger partial charge on any atom is -0.396 e. The minimum atomic E-state index is -0.400. The van der Waals surface area contributed by atoms with Gasteiger partial charge in [-0.2, -0.15) is 0 Å². The number of rotatable bonds is 4. The van der Waals surface area contributed by atoms with Crippen LogP contribution >= 0.6 is 0 Å². The van der Waals surface area contributed by atoms with Gasteiger partial charge in [-0.1, -0.05) is 6.92 Å². The molecule has 4 heteroatoms. The number of aliphatic hydroxyl groups is 1. The van der Waals surface area contributed by atoms with E-state index in [1.54, 1.807) is 0 Å². The average Bonchev–Trinajstić information content (AvgIpc) is 2.49. The van der Waals surface area contributed by atoms with Gasteiger partial charge in [0.15, 0.2) is 0 Å². The number of nitrogens with zero attached hydrogens (tertiary/aromatic N) is 1. The lowest BCUT2D eigenvalue weighted by Crippen LogP contribution is -2.42. The maximum atomic E-state index is 13.8. The first kappa shape index (κ1) is 15.4. The van der Waals surface area contributed by atoms with Gasteiger partial charge in [-0.25, -0.2) is 8.78 Å². The van der Waals surface area contributed by atoms with E-state index in [0.717, 1.165) is 38.4 Å². The summed E-state index contributed by atoms with van der Waals surface area (Å²) in [6.07, 6.45) is 2.77. The number of hydrogen-bond donors (Lipinski definition) is 1. The number of hydrogen-bond acceptors (Lipinski definition) is 2. The van der Waals surface area contributed by atoms with Crippen molar-refractivity contribution in [2.24, 2.45) is 5.41 Å². The van der Waals surface area contributed by atoms with Gasteiger partial charge in [-0.3, -0.25) is 4.90 Å². The normalized spacial score (nSPS) is 20.9. The lowest BCUT2D eigenvalue weighted by Gasteiger charge is -2.42. The molecule has 0 amide bonds. The second kappa shape index (κ2) is 6.19. The van der Waals surface area contributed by atoms with Crippen molar-refractivity contribution in [2.75, 3.05) is 19.7 Å². The van der Waals surface area contributed by atoms with Crippen LogP contribution in [0.15, 0.2) is 18.2 Å². The van der Waals surface area contributed by atoms with Gasteiger partial charge in [0.2, 0.25) is 0 Å². The predicted octanol–water partition coefficient (Wildman–Crippen LogP) is 3.51. The molecule has 2 rings (SSSR count). The molecule has 1 saturated heterocycles. The second-order valence-corrected chi connectivity index (χ2v) is 5.89. The first-order valence-electron chi connectivity index (χ1n) is 7.31. The SMILES string of the molecule is CCC1(CO)CCN(C(C)c2cc(F)ccc2F)CC1. The Morgan fingerprint density at radius 2 is 1.95 bits per heavy atom. The van der Waals surface area contributed by atoms with Crippen molar-refractivity contribution >= 4 is 0 Å². The highest BCUT2D eigenvalue weighted by atomic mass is 19.1. The zero-order valence-corrected chi connectivity index (χ0v) is 12.2. The van der Waals surface area contributed by atoms with Crippen LogP contribution in [0, 0.1) is 17.0 Å². The Hall–Kier alpha value is -1.00. The molecule has 1 aromatic rings. The highest BCUT2D eigenvalue weighted by Gasteiger charge is 2.34. The van der Waals surface area contributed by atoms with Gasteiger partial charge in [-0.05, 0) is 62.9 Å². The Kier molecular flexibility index (Phi) is 4.76. The molecule has 0 spiro atoms. The van der Waals surface area contributed by atoms with Crippen LogP contribution < -0.4 is 0 Å². The van der Waals surface area contributed by atoms with Crippen LogP contribution in [0.1, 0.15) is 44.7 Å². The van der Waals surface area contributed by atoms with Crippen LogP contribution in [0.4, 0.5) is 8.78 Å². The van der Waals surface area contributed by atoms with Gasteiger partial charge in [-0.15, -0.1) is 0 Å². The molecule has 2 nitrogen and oxygen atoms in total. The van der Waals surface area contributed by atoms with Crippen LogP contribution in [0.5, 0.6) is 0 Å². The lowest BCUT2D eigenvalue weighted by molar-refractivity contribution is 0.0265. The van der Waals surface area contributed by atoms with E-state index >= 15 is 0 Å². The van der Waals surface area contributed by atoms with Crippen molar-refractivity contribution in [3.63, 3.8) is 0 Å². The fourth-order valence-electron chi connectivity index (χ4n) is 3.04. The van der Waals surface area contributed by atoms with Gasteiger partial charge in [0.1, 0.15) is 11.6 Å². The molecular formula is C16H23F2NO. The summed E-state index contributed by atoms with van der Waals surface area (Å²) in [6, 6.07) is 3.48. The molecule has 1 unspecified atom stereocenters. The van der Waals surface area contributed by atoms with Crippen molar-refractivity contribution in [3.8, 4) is 0 Å². The third-order valence-electron chi connectivity index (χ3n) is 4.90. The second-order valence-electron chi connectivity index (χ2n) is 5.89. The zero-order chi connectivity index (χ0) is 14.8. The van der Waals surface area contributed by atoms with E-state index in [1.807, 2.05) is 6.92 Å². The zero-order valence-electron chi connectivity index (χ0n) is 12.2. The van der Waals surface area contributed by atoms with Crippen molar-refractivity contribution in [1.29, 1.82) is 0 Å². The summed E-state index contributed by atoms with van der Waals surface area (Å²) < 4.78 is 27.1. The Morgan fingerprint density at radius 1 is 1.30 bits per heavy atom. The summed E-state index contributed by atoms with van der Waals surface area (Å²) in [5, 5.41) is 9.54. The maximum Gasteiger partial charge on any atom is 0.128 e. The van der Waals surface area contributed by atoms with Crippen molar-refractivity contribution in [3.05, 3.63) is 35.4 Å². The van der Waals surface area contributed by atoms with Crippen LogP contribution in [0.2, 0.25) is 0 Å². The molecule has 0 radical (unpaired) electrons. The number of likely N-dealkylation sites (tertiary alicyclic amines) is 1. The highest BCUT2D eigenvalue weighted by molar-refractivity contribution is 5.22. The molecule has 112 valence electrons. The standard InChI is InChI=1S/C16H23F2NO/c1-3-16(11-20)6-8-19(9-7-16)12(2)14-10-13(17)4-5-15(14)18/h4-5,10,12,20H,3,6-9,11H2,1-2H3. The lowest BCUT2D eigenvalue weighted by atomic mass is 9.76. The largest absolute Gasteiger partial charge is 0.396 e. The predicted molar refractivity (Wildman–Crippen MR) is 75.4 cm³/mol. The summed E-state index contributed by atoms with van der Waals surface area (Å²) in [5.74, 6) is -0.753. The van der Waals surface area contributed by atoms with Crippen LogP contribution in [-0.2, 0) is 0 Å². The van der Waals surface area contributed by atoms with Crippen LogP contribution in [-0.4, -0.2) is 29.7 Å². The molecule has 1 aliphatic rings. The third-order valence-corrected chi connectivity index (χ3v) is 4.90. The van der Waals surface area contributed by atoms with Crippen molar-refractivity contribution in [1.82, 2.24) is 4.90 Å². The molecule has 0 bridgehead atoms. The first-order chi connectivity index (χ1) is 9.51. The molecule has 1 aliphatic heterocycles. The molecule has 20 heavy (non-hydrogen) atoms. The Balaban J connectivity index is 2.08. The summed E-state index contributed by atoms with van der Waals surface area (Å²) in [7, 11) is 0. The molecule has 1 heterocycles. The van der Waals surface area contributed by atoms with Crippen LogP contribution in [0.25, 0.3) is 0 Å². The molecule has 0 saturated carbocycles. The number of halogens is 2. The third kappa shape index (κ3) is 3.01. The van der Waals surface area contributed by atoms with E-state index in [4.69, 9.17) is 0 Å². The average molecular weight is 283 g/mol. The van der Waals surface area contributed by atoms with Crippen LogP contribution in [0.3, 0.4) is 0 Å². The van der Waals surface area contributed by atoms with Gasteiger partial charge in [0.25, 0.3) is 0 Å². The molecule has 0 aromatic heterocycles. The quantitative estimate of drug-likeness (QED) is 0.914. The minimum absolute atomic E-state index is 0.0106. The fourth-order valence-corrected chi connectivity index (χ4v) is 3.04. The number of benzene rings is 1. The molecule has 0 aliphatic carbocycles. The topological polar surface area (TPSA) is 23.5 Å². The molecule has 1 atom stereocenters. The Bertz CT molecular complexity index is 450.